The molecule has 0 unspecified atom stereocenters. The van der Waals surface area contributed by atoms with Crippen molar-refractivity contribution in [3.8, 4) is 0 Å². The Morgan fingerprint density at radius 3 is 2.79 bits per heavy atom. The molecule has 1 aliphatic rings. The second-order valence-corrected chi connectivity index (χ2v) is 4.88. The van der Waals surface area contributed by atoms with Crippen LogP contribution in [-0.4, -0.2) is 38.2 Å². The second kappa shape index (κ2) is 4.31. The zero-order valence-corrected chi connectivity index (χ0v) is 8.91. The van der Waals surface area contributed by atoms with E-state index in [1.165, 1.54) is 0 Å². The van der Waals surface area contributed by atoms with Crippen LogP contribution in [-0.2, 0) is 5.54 Å². The lowest BCUT2D eigenvalue weighted by Crippen LogP contribution is -2.39. The highest BCUT2D eigenvalue weighted by Gasteiger charge is 2.34. The summed E-state index contributed by atoms with van der Waals surface area (Å²) in [5.41, 5.74) is 0.0243. The summed E-state index contributed by atoms with van der Waals surface area (Å²) in [6.45, 7) is 0.227. The van der Waals surface area contributed by atoms with E-state index in [9.17, 15) is 0 Å². The third-order valence-electron chi connectivity index (χ3n) is 2.91. The van der Waals surface area contributed by atoms with Crippen LogP contribution in [0.4, 0.5) is 0 Å². The predicted octanol–water partition coefficient (Wildman–Crippen LogP) is 0.883. The molecule has 2 heterocycles. The van der Waals surface area contributed by atoms with Crippen LogP contribution < -0.4 is 0 Å². The summed E-state index contributed by atoms with van der Waals surface area (Å²) in [6.07, 6.45) is 6.58. The largest absolute Gasteiger partial charge is 0.396 e. The molecule has 0 spiro atoms. The summed E-state index contributed by atoms with van der Waals surface area (Å²) in [4.78, 5) is 0. The van der Waals surface area contributed by atoms with E-state index in [4.69, 9.17) is 5.11 Å². The Bertz CT molecular complexity index is 264. The molecule has 1 saturated heterocycles. The fraction of sp³-hybridized carbons (Fsp3) is 0.778. The average Bonchev–Trinajstić information content (AvgIpc) is 2.73. The van der Waals surface area contributed by atoms with Gasteiger partial charge in [0.05, 0.1) is 11.7 Å². The zero-order valence-electron chi connectivity index (χ0n) is 8.09. The first-order chi connectivity index (χ1) is 6.87. The molecule has 78 valence electrons. The highest BCUT2D eigenvalue weighted by atomic mass is 32.2. The van der Waals surface area contributed by atoms with Crippen molar-refractivity contribution in [2.75, 3.05) is 18.1 Å². The molecule has 0 amide bonds. The Labute approximate surface area is 87.7 Å². The van der Waals surface area contributed by atoms with Crippen molar-refractivity contribution in [3.05, 3.63) is 12.4 Å². The lowest BCUT2D eigenvalue weighted by atomic mass is 9.89. The Balaban J connectivity index is 2.20. The Kier molecular flexibility index (Phi) is 3.08. The van der Waals surface area contributed by atoms with Gasteiger partial charge in [0.2, 0.25) is 0 Å². The lowest BCUT2D eigenvalue weighted by Gasteiger charge is -2.36. The number of aromatic nitrogens is 3. The van der Waals surface area contributed by atoms with Crippen molar-refractivity contribution < 1.29 is 5.11 Å². The van der Waals surface area contributed by atoms with Crippen molar-refractivity contribution >= 4 is 11.8 Å². The van der Waals surface area contributed by atoms with E-state index < -0.39 is 0 Å². The van der Waals surface area contributed by atoms with Crippen LogP contribution in [0.15, 0.2) is 12.4 Å². The van der Waals surface area contributed by atoms with Crippen molar-refractivity contribution in [2.45, 2.75) is 24.8 Å². The number of nitrogens with zero attached hydrogens (tertiary/aromatic N) is 3. The second-order valence-electron chi connectivity index (χ2n) is 3.66. The van der Waals surface area contributed by atoms with Gasteiger partial charge in [-0.15, -0.1) is 5.10 Å². The van der Waals surface area contributed by atoms with E-state index in [-0.39, 0.29) is 12.1 Å². The molecule has 0 atom stereocenters. The Hall–Kier alpha value is -0.550. The Morgan fingerprint density at radius 1 is 1.43 bits per heavy atom. The quantitative estimate of drug-likeness (QED) is 0.810. The average molecular weight is 213 g/mol. The molecule has 0 saturated carbocycles. The smallest absolute Gasteiger partial charge is 0.0693 e. The fourth-order valence-electron chi connectivity index (χ4n) is 2.01. The minimum atomic E-state index is 0.0243. The molecule has 4 nitrogen and oxygen atoms in total. The number of hydrogen-bond acceptors (Lipinski definition) is 4. The summed E-state index contributed by atoms with van der Waals surface area (Å²) < 4.78 is 1.93. The molecule has 0 bridgehead atoms. The number of thioether (sulfide) groups is 1. The van der Waals surface area contributed by atoms with Crippen LogP contribution in [0.2, 0.25) is 0 Å². The summed E-state index contributed by atoms with van der Waals surface area (Å²) in [7, 11) is 0. The van der Waals surface area contributed by atoms with Gasteiger partial charge in [-0.3, -0.25) is 0 Å². The van der Waals surface area contributed by atoms with Gasteiger partial charge in [0.25, 0.3) is 0 Å². The lowest BCUT2D eigenvalue weighted by molar-refractivity contribution is 0.155. The minimum absolute atomic E-state index is 0.0243. The van der Waals surface area contributed by atoms with E-state index in [2.05, 4.69) is 10.3 Å². The molecule has 14 heavy (non-hydrogen) atoms. The molecule has 1 aromatic heterocycles. The molecule has 2 rings (SSSR count). The first kappa shape index (κ1) is 9.98. The Morgan fingerprint density at radius 2 is 2.21 bits per heavy atom. The molecule has 0 radical (unpaired) electrons. The molecule has 0 aromatic carbocycles. The number of aliphatic hydroxyl groups excluding tert-OH is 1. The molecular weight excluding hydrogens is 198 g/mol. The number of aliphatic hydroxyl groups is 1. The van der Waals surface area contributed by atoms with Gasteiger partial charge in [0.15, 0.2) is 0 Å². The van der Waals surface area contributed by atoms with Gasteiger partial charge >= 0.3 is 0 Å². The summed E-state index contributed by atoms with van der Waals surface area (Å²) in [6, 6.07) is 0. The van der Waals surface area contributed by atoms with Crippen molar-refractivity contribution in [1.29, 1.82) is 0 Å². The van der Waals surface area contributed by atoms with Gasteiger partial charge in [-0.1, -0.05) is 5.21 Å². The summed E-state index contributed by atoms with van der Waals surface area (Å²) in [5, 5.41) is 17.0. The van der Waals surface area contributed by atoms with Gasteiger partial charge in [-0.05, 0) is 30.8 Å². The predicted molar refractivity (Wildman–Crippen MR) is 56.3 cm³/mol. The van der Waals surface area contributed by atoms with Gasteiger partial charge in [-0.25, -0.2) is 4.68 Å². The van der Waals surface area contributed by atoms with E-state index in [0.29, 0.717) is 0 Å². The molecular formula is C9H15N3OS. The van der Waals surface area contributed by atoms with E-state index in [1.807, 2.05) is 22.6 Å². The van der Waals surface area contributed by atoms with Crippen molar-refractivity contribution in [1.82, 2.24) is 15.0 Å². The molecule has 0 aliphatic carbocycles. The van der Waals surface area contributed by atoms with Crippen LogP contribution >= 0.6 is 11.8 Å². The van der Waals surface area contributed by atoms with Gasteiger partial charge < -0.3 is 5.11 Å². The monoisotopic (exact) mass is 213 g/mol. The summed E-state index contributed by atoms with van der Waals surface area (Å²) >= 11 is 1.98. The van der Waals surface area contributed by atoms with E-state index in [0.717, 1.165) is 30.8 Å². The van der Waals surface area contributed by atoms with Crippen molar-refractivity contribution in [2.24, 2.45) is 0 Å². The number of hydrogen-bond donors (Lipinski definition) is 1. The minimum Gasteiger partial charge on any atom is -0.396 e. The van der Waals surface area contributed by atoms with Crippen LogP contribution in [0, 0.1) is 0 Å². The zero-order chi connectivity index (χ0) is 9.86. The van der Waals surface area contributed by atoms with Gasteiger partial charge in [-0.2, -0.15) is 11.8 Å². The SMILES string of the molecule is OCCC1(n2ccnn2)CCSCC1. The van der Waals surface area contributed by atoms with Gasteiger partial charge in [0, 0.05) is 12.8 Å². The maximum atomic E-state index is 9.11. The first-order valence-electron chi connectivity index (χ1n) is 4.93. The molecule has 5 heteroatoms. The van der Waals surface area contributed by atoms with Gasteiger partial charge in [0.1, 0.15) is 0 Å². The van der Waals surface area contributed by atoms with Crippen LogP contribution in [0.3, 0.4) is 0 Å². The third-order valence-corrected chi connectivity index (χ3v) is 3.89. The molecule has 1 aliphatic heterocycles. The third kappa shape index (κ3) is 1.79. The summed E-state index contributed by atoms with van der Waals surface area (Å²) in [5.74, 6) is 2.31. The van der Waals surface area contributed by atoms with Crippen molar-refractivity contribution in [3.63, 3.8) is 0 Å². The van der Waals surface area contributed by atoms with E-state index in [1.54, 1.807) is 6.20 Å². The maximum absolute atomic E-state index is 9.11. The maximum Gasteiger partial charge on any atom is 0.0693 e. The highest BCUT2D eigenvalue weighted by molar-refractivity contribution is 7.99. The molecule has 1 fully saturated rings. The van der Waals surface area contributed by atoms with Crippen LogP contribution in [0.25, 0.3) is 0 Å². The van der Waals surface area contributed by atoms with Crippen LogP contribution in [0.5, 0.6) is 0 Å². The standard InChI is InChI=1S/C9H15N3OS/c13-6-1-9(2-7-14-8-3-9)12-5-4-10-11-12/h4-5,13H,1-3,6-8H2. The highest BCUT2D eigenvalue weighted by Crippen LogP contribution is 2.35. The fourth-order valence-corrected chi connectivity index (χ4v) is 3.27. The molecule has 1 N–H and O–H groups in total. The first-order valence-corrected chi connectivity index (χ1v) is 6.08. The molecule has 1 aromatic rings. The van der Waals surface area contributed by atoms with Crippen LogP contribution in [0.1, 0.15) is 19.3 Å². The normalized spacial score (nSPS) is 20.9. The topological polar surface area (TPSA) is 50.9 Å². The number of rotatable bonds is 3. The van der Waals surface area contributed by atoms with E-state index >= 15 is 0 Å².